The molecule has 1 fully saturated rings. The lowest BCUT2D eigenvalue weighted by atomic mass is 10.0. The third-order valence-corrected chi connectivity index (χ3v) is 4.41. The third kappa shape index (κ3) is 4.67. The van der Waals surface area contributed by atoms with Gasteiger partial charge in [0.15, 0.2) is 0 Å². The molecule has 2 rings (SSSR count). The molecule has 0 unspecified atom stereocenters. The highest BCUT2D eigenvalue weighted by Gasteiger charge is 2.22. The lowest BCUT2D eigenvalue weighted by molar-refractivity contribution is -0.384. The number of piperidine rings is 1. The van der Waals surface area contributed by atoms with Crippen LogP contribution in [0, 0.1) is 21.4 Å². The largest absolute Gasteiger partial charge is 0.382 e. The fourth-order valence-corrected chi connectivity index (χ4v) is 3.07. The maximum Gasteiger partial charge on any atom is 0.270 e. The third-order valence-electron chi connectivity index (χ3n) is 4.41. The summed E-state index contributed by atoms with van der Waals surface area (Å²) in [4.78, 5) is 12.8. The molecule has 0 aliphatic carbocycles. The quantitative estimate of drug-likeness (QED) is 0.614. The van der Waals surface area contributed by atoms with Gasteiger partial charge in [0, 0.05) is 24.7 Å². The number of nitro benzene ring substituents is 1. The minimum absolute atomic E-state index is 0.0469. The van der Waals surface area contributed by atoms with E-state index in [4.69, 9.17) is 0 Å². The van der Waals surface area contributed by atoms with Crippen molar-refractivity contribution in [3.63, 3.8) is 0 Å². The number of hydrogen-bond donors (Lipinski definition) is 1. The second kappa shape index (κ2) is 8.49. The van der Waals surface area contributed by atoms with Gasteiger partial charge in [-0.25, -0.2) is 0 Å². The van der Waals surface area contributed by atoms with Crippen LogP contribution in [0.2, 0.25) is 0 Å². The van der Waals surface area contributed by atoms with Crippen molar-refractivity contribution in [2.24, 2.45) is 0 Å². The summed E-state index contributed by atoms with van der Waals surface area (Å²) >= 11 is 0. The second-order valence-corrected chi connectivity index (χ2v) is 6.02. The summed E-state index contributed by atoms with van der Waals surface area (Å²) < 4.78 is 0. The highest BCUT2D eigenvalue weighted by molar-refractivity contribution is 5.61. The fraction of sp³-hybridized carbons (Fsp3) is 0.588. The molecule has 0 bridgehead atoms. The van der Waals surface area contributed by atoms with Crippen molar-refractivity contribution in [3.05, 3.63) is 33.9 Å². The summed E-state index contributed by atoms with van der Waals surface area (Å²) in [6.45, 7) is 5.23. The van der Waals surface area contributed by atoms with Crippen molar-refractivity contribution in [2.45, 2.75) is 45.1 Å². The van der Waals surface area contributed by atoms with Crippen molar-refractivity contribution in [2.75, 3.05) is 25.0 Å². The van der Waals surface area contributed by atoms with Crippen molar-refractivity contribution in [1.82, 2.24) is 4.90 Å². The monoisotopic (exact) mass is 316 g/mol. The predicted molar refractivity (Wildman–Crippen MR) is 90.4 cm³/mol. The second-order valence-electron chi connectivity index (χ2n) is 6.02. The van der Waals surface area contributed by atoms with E-state index in [0.717, 1.165) is 26.1 Å². The van der Waals surface area contributed by atoms with Crippen LogP contribution in [0.15, 0.2) is 18.2 Å². The molecule has 0 amide bonds. The lowest BCUT2D eigenvalue weighted by Crippen LogP contribution is -2.44. The summed E-state index contributed by atoms with van der Waals surface area (Å²) in [5.74, 6) is 0. The minimum atomic E-state index is -0.474. The van der Waals surface area contributed by atoms with E-state index in [1.165, 1.54) is 37.8 Å². The van der Waals surface area contributed by atoms with Crippen LogP contribution in [-0.4, -0.2) is 35.5 Å². The standard InChI is InChI=1S/C17H24N4O2/c1-2-3-9-20-10-5-4-6-16(20)13-19-17-8-7-15(21(22)23)11-14(17)12-18/h7-8,11,16,19H,2-6,9-10,13H2,1H3/t16-/m0/s1. The first-order chi connectivity index (χ1) is 11.2. The van der Waals surface area contributed by atoms with Crippen molar-refractivity contribution >= 4 is 11.4 Å². The molecule has 1 atom stereocenters. The first-order valence-electron chi connectivity index (χ1n) is 8.32. The van der Waals surface area contributed by atoms with Crippen LogP contribution in [0.3, 0.4) is 0 Å². The number of nitriles is 1. The van der Waals surface area contributed by atoms with Gasteiger partial charge in [-0.3, -0.25) is 15.0 Å². The first kappa shape index (κ1) is 17.2. The lowest BCUT2D eigenvalue weighted by Gasteiger charge is -2.36. The van der Waals surface area contributed by atoms with Crippen LogP contribution in [0.1, 0.15) is 44.6 Å². The van der Waals surface area contributed by atoms with Crippen molar-refractivity contribution < 1.29 is 4.92 Å². The van der Waals surface area contributed by atoms with E-state index in [-0.39, 0.29) is 5.69 Å². The molecule has 23 heavy (non-hydrogen) atoms. The van der Waals surface area contributed by atoms with Gasteiger partial charge in [-0.1, -0.05) is 19.8 Å². The van der Waals surface area contributed by atoms with E-state index in [9.17, 15) is 15.4 Å². The number of hydrogen-bond acceptors (Lipinski definition) is 5. The number of nitrogens with zero attached hydrogens (tertiary/aromatic N) is 3. The number of rotatable bonds is 7. The summed E-state index contributed by atoms with van der Waals surface area (Å²) in [5.41, 5.74) is 0.962. The Morgan fingerprint density at radius 2 is 2.30 bits per heavy atom. The Hall–Kier alpha value is -2.13. The highest BCUT2D eigenvalue weighted by atomic mass is 16.6. The summed E-state index contributed by atoms with van der Waals surface area (Å²) in [6.07, 6.45) is 6.04. The SMILES string of the molecule is CCCCN1CCCC[C@H]1CNc1ccc([N+](=O)[O-])cc1C#N. The minimum Gasteiger partial charge on any atom is -0.382 e. The first-order valence-corrected chi connectivity index (χ1v) is 8.32. The van der Waals surface area contributed by atoms with Gasteiger partial charge in [-0.2, -0.15) is 5.26 Å². The molecule has 1 aromatic carbocycles. The van der Waals surface area contributed by atoms with Gasteiger partial charge in [0.1, 0.15) is 6.07 Å². The predicted octanol–water partition coefficient (Wildman–Crippen LogP) is 3.53. The number of nitrogens with one attached hydrogen (secondary N) is 1. The maximum atomic E-state index is 10.8. The fourth-order valence-electron chi connectivity index (χ4n) is 3.07. The van der Waals surface area contributed by atoms with Gasteiger partial charge >= 0.3 is 0 Å². The molecule has 1 heterocycles. The number of benzene rings is 1. The molecule has 0 saturated carbocycles. The van der Waals surface area contributed by atoms with Gasteiger partial charge in [0.25, 0.3) is 5.69 Å². The summed E-state index contributed by atoms with van der Waals surface area (Å²) in [7, 11) is 0. The Balaban J connectivity index is 2.01. The van der Waals surface area contributed by atoms with Gasteiger partial charge in [-0.05, 0) is 38.4 Å². The van der Waals surface area contributed by atoms with Gasteiger partial charge in [0.2, 0.25) is 0 Å². The average molecular weight is 316 g/mol. The van der Waals surface area contributed by atoms with Crippen LogP contribution >= 0.6 is 0 Å². The summed E-state index contributed by atoms with van der Waals surface area (Å²) in [5, 5.41) is 23.3. The molecule has 124 valence electrons. The van der Waals surface area contributed by atoms with E-state index < -0.39 is 4.92 Å². The van der Waals surface area contributed by atoms with Gasteiger partial charge < -0.3 is 5.32 Å². The number of unbranched alkanes of at least 4 members (excludes halogenated alkanes) is 1. The van der Waals surface area contributed by atoms with Crippen molar-refractivity contribution in [3.8, 4) is 6.07 Å². The zero-order chi connectivity index (χ0) is 16.7. The number of likely N-dealkylation sites (tertiary alicyclic amines) is 1. The van der Waals surface area contributed by atoms with Crippen LogP contribution < -0.4 is 5.32 Å². The Kier molecular flexibility index (Phi) is 6.36. The molecule has 0 aromatic heterocycles. The molecule has 1 aliphatic heterocycles. The topological polar surface area (TPSA) is 82.2 Å². The van der Waals surface area contributed by atoms with E-state index in [1.807, 2.05) is 6.07 Å². The maximum absolute atomic E-state index is 10.8. The van der Waals surface area contributed by atoms with E-state index >= 15 is 0 Å². The molecular formula is C17H24N4O2. The Morgan fingerprint density at radius 3 is 3.00 bits per heavy atom. The van der Waals surface area contributed by atoms with Crippen LogP contribution in [0.5, 0.6) is 0 Å². The Labute approximate surface area is 137 Å². The highest BCUT2D eigenvalue weighted by Crippen LogP contribution is 2.23. The van der Waals surface area contributed by atoms with Gasteiger partial charge in [0.05, 0.1) is 16.2 Å². The summed E-state index contributed by atoms with van der Waals surface area (Å²) in [6, 6.07) is 6.92. The molecule has 6 nitrogen and oxygen atoms in total. The molecule has 0 radical (unpaired) electrons. The van der Waals surface area contributed by atoms with Crippen molar-refractivity contribution in [1.29, 1.82) is 5.26 Å². The van der Waals surface area contributed by atoms with Crippen LogP contribution in [-0.2, 0) is 0 Å². The number of nitro groups is 1. The van der Waals surface area contributed by atoms with E-state index in [0.29, 0.717) is 17.3 Å². The van der Waals surface area contributed by atoms with E-state index in [1.54, 1.807) is 6.07 Å². The molecule has 1 N–H and O–H groups in total. The van der Waals surface area contributed by atoms with Crippen LogP contribution in [0.25, 0.3) is 0 Å². The molecule has 1 saturated heterocycles. The zero-order valence-corrected chi connectivity index (χ0v) is 13.6. The number of anilines is 1. The molecule has 6 heteroatoms. The van der Waals surface area contributed by atoms with Gasteiger partial charge in [-0.15, -0.1) is 0 Å². The molecule has 1 aromatic rings. The van der Waals surface area contributed by atoms with Crippen LogP contribution in [0.4, 0.5) is 11.4 Å². The molecule has 1 aliphatic rings. The smallest absolute Gasteiger partial charge is 0.270 e. The average Bonchev–Trinajstić information content (AvgIpc) is 2.58. The van der Waals surface area contributed by atoms with E-state index in [2.05, 4.69) is 17.1 Å². The molecular weight excluding hydrogens is 292 g/mol. The normalized spacial score (nSPS) is 18.3. The molecule has 0 spiro atoms. The Bertz CT molecular complexity index is 582. The Morgan fingerprint density at radius 1 is 1.48 bits per heavy atom. The zero-order valence-electron chi connectivity index (χ0n) is 13.6. The number of non-ortho nitro benzene ring substituents is 1.